The lowest BCUT2D eigenvalue weighted by molar-refractivity contribution is 0.0200. The first-order chi connectivity index (χ1) is 14.2. The SMILES string of the molecule is Cc1ccc(-c2nc3c(c(=O)[nH]2)CN(C(=O)OC(C)(C)C)CC3CCCC#N)cc1. The molecule has 7 heteroatoms. The van der Waals surface area contributed by atoms with Gasteiger partial charge in [0.25, 0.3) is 5.56 Å². The van der Waals surface area contributed by atoms with Gasteiger partial charge in [-0.2, -0.15) is 5.26 Å². The number of carbonyl (C=O) groups excluding carboxylic acids is 1. The van der Waals surface area contributed by atoms with Crippen LogP contribution < -0.4 is 5.56 Å². The van der Waals surface area contributed by atoms with Crippen molar-refractivity contribution < 1.29 is 9.53 Å². The number of fused-ring (bicyclic) bond motifs is 1. The highest BCUT2D eigenvalue weighted by molar-refractivity contribution is 5.69. The number of aromatic amines is 1. The molecule has 1 aliphatic heterocycles. The van der Waals surface area contributed by atoms with Gasteiger partial charge in [0.2, 0.25) is 0 Å². The maximum absolute atomic E-state index is 12.9. The van der Waals surface area contributed by atoms with Crippen molar-refractivity contribution in [3.8, 4) is 17.5 Å². The number of rotatable bonds is 4. The number of aromatic nitrogens is 2. The number of H-pyrrole nitrogens is 1. The van der Waals surface area contributed by atoms with Crippen molar-refractivity contribution in [1.29, 1.82) is 5.26 Å². The van der Waals surface area contributed by atoms with Crippen LogP contribution in [0, 0.1) is 18.3 Å². The predicted molar refractivity (Wildman–Crippen MR) is 114 cm³/mol. The standard InChI is InChI=1S/C23H28N4O3/c1-15-8-10-16(11-9-15)20-25-19-17(7-5-6-12-24)13-27(14-18(19)21(28)26-20)22(29)30-23(2,3)4/h8-11,17H,5-7,13-14H2,1-4H3,(H,25,26,28). The first kappa shape index (κ1) is 21.6. The van der Waals surface area contributed by atoms with Crippen LogP contribution in [0.2, 0.25) is 0 Å². The van der Waals surface area contributed by atoms with Gasteiger partial charge in [0.05, 0.1) is 23.9 Å². The van der Waals surface area contributed by atoms with Crippen LogP contribution in [-0.4, -0.2) is 33.1 Å². The Labute approximate surface area is 176 Å². The minimum Gasteiger partial charge on any atom is -0.444 e. The van der Waals surface area contributed by atoms with Crippen molar-refractivity contribution in [2.75, 3.05) is 6.54 Å². The summed E-state index contributed by atoms with van der Waals surface area (Å²) < 4.78 is 5.51. The molecule has 3 rings (SSSR count). The lowest BCUT2D eigenvalue weighted by Crippen LogP contribution is -2.44. The van der Waals surface area contributed by atoms with Gasteiger partial charge in [0.1, 0.15) is 11.4 Å². The summed E-state index contributed by atoms with van der Waals surface area (Å²) in [6, 6.07) is 9.97. The molecule has 2 heterocycles. The Morgan fingerprint density at radius 1 is 1.33 bits per heavy atom. The average molecular weight is 409 g/mol. The third-order valence-electron chi connectivity index (χ3n) is 5.04. The fourth-order valence-corrected chi connectivity index (χ4v) is 3.58. The Morgan fingerprint density at radius 3 is 2.67 bits per heavy atom. The van der Waals surface area contributed by atoms with Crippen LogP contribution in [0.1, 0.15) is 62.8 Å². The highest BCUT2D eigenvalue weighted by Crippen LogP contribution is 2.31. The Balaban J connectivity index is 1.97. The number of nitrogens with one attached hydrogen (secondary N) is 1. The van der Waals surface area contributed by atoms with Crippen molar-refractivity contribution >= 4 is 6.09 Å². The third-order valence-corrected chi connectivity index (χ3v) is 5.04. The summed E-state index contributed by atoms with van der Waals surface area (Å²) in [5, 5.41) is 8.91. The number of aryl methyl sites for hydroxylation is 1. The second-order valence-electron chi connectivity index (χ2n) is 8.75. The number of benzene rings is 1. The molecule has 158 valence electrons. The molecule has 30 heavy (non-hydrogen) atoms. The van der Waals surface area contributed by atoms with Gasteiger partial charge >= 0.3 is 6.09 Å². The van der Waals surface area contributed by atoms with Gasteiger partial charge < -0.3 is 14.6 Å². The number of nitriles is 1. The fraction of sp³-hybridized carbons (Fsp3) is 0.478. The second-order valence-corrected chi connectivity index (χ2v) is 8.75. The predicted octanol–water partition coefficient (Wildman–Crippen LogP) is 4.27. The zero-order chi connectivity index (χ0) is 21.9. The molecule has 1 unspecified atom stereocenters. The molecular formula is C23H28N4O3. The van der Waals surface area contributed by atoms with E-state index in [2.05, 4.69) is 11.1 Å². The first-order valence-corrected chi connectivity index (χ1v) is 10.2. The number of carbonyl (C=O) groups is 1. The summed E-state index contributed by atoms with van der Waals surface area (Å²) in [5.41, 5.74) is 2.31. The van der Waals surface area contributed by atoms with Gasteiger partial charge in [-0.25, -0.2) is 9.78 Å². The molecule has 1 atom stereocenters. The van der Waals surface area contributed by atoms with E-state index in [0.717, 1.165) is 11.1 Å². The van der Waals surface area contributed by atoms with Gasteiger partial charge in [-0.15, -0.1) is 0 Å². The van der Waals surface area contributed by atoms with E-state index in [9.17, 15) is 9.59 Å². The van der Waals surface area contributed by atoms with Gasteiger partial charge in [0.15, 0.2) is 0 Å². The summed E-state index contributed by atoms with van der Waals surface area (Å²) >= 11 is 0. The molecule has 0 radical (unpaired) electrons. The van der Waals surface area contributed by atoms with E-state index in [4.69, 9.17) is 15.0 Å². The molecule has 0 aliphatic carbocycles. The lowest BCUT2D eigenvalue weighted by Gasteiger charge is -2.34. The number of hydrogen-bond acceptors (Lipinski definition) is 5. The summed E-state index contributed by atoms with van der Waals surface area (Å²) in [6.07, 6.45) is 1.33. The van der Waals surface area contributed by atoms with E-state index in [1.807, 2.05) is 52.0 Å². The van der Waals surface area contributed by atoms with Crippen molar-refractivity contribution in [2.45, 2.75) is 65.0 Å². The molecule has 0 bridgehead atoms. The smallest absolute Gasteiger partial charge is 0.410 e. The maximum Gasteiger partial charge on any atom is 0.410 e. The van der Waals surface area contributed by atoms with Crippen LogP contribution in [0.4, 0.5) is 4.79 Å². The van der Waals surface area contributed by atoms with Crippen LogP contribution in [0.25, 0.3) is 11.4 Å². The van der Waals surface area contributed by atoms with Crippen molar-refractivity contribution in [3.63, 3.8) is 0 Å². The minimum atomic E-state index is -0.617. The lowest BCUT2D eigenvalue weighted by atomic mass is 9.91. The molecule has 1 aromatic carbocycles. The van der Waals surface area contributed by atoms with Crippen LogP contribution >= 0.6 is 0 Å². The topological polar surface area (TPSA) is 99.1 Å². The Bertz CT molecular complexity index is 1010. The van der Waals surface area contributed by atoms with Crippen molar-refractivity contribution in [3.05, 3.63) is 51.4 Å². The Kier molecular flexibility index (Phi) is 6.25. The number of amides is 1. The molecule has 0 saturated heterocycles. The zero-order valence-electron chi connectivity index (χ0n) is 18.0. The number of unbranched alkanes of at least 4 members (excludes halogenated alkanes) is 1. The normalized spacial score (nSPS) is 16.0. The molecule has 1 amide bonds. The first-order valence-electron chi connectivity index (χ1n) is 10.2. The Morgan fingerprint density at radius 2 is 2.03 bits per heavy atom. The van der Waals surface area contributed by atoms with Crippen LogP contribution in [0.3, 0.4) is 0 Å². The molecular weight excluding hydrogens is 380 g/mol. The van der Waals surface area contributed by atoms with Crippen LogP contribution in [0.15, 0.2) is 29.1 Å². The van der Waals surface area contributed by atoms with E-state index in [-0.39, 0.29) is 18.0 Å². The number of hydrogen-bond donors (Lipinski definition) is 1. The van der Waals surface area contributed by atoms with E-state index < -0.39 is 11.7 Å². The summed E-state index contributed by atoms with van der Waals surface area (Å²) in [7, 11) is 0. The highest BCUT2D eigenvalue weighted by atomic mass is 16.6. The molecule has 1 N–H and O–H groups in total. The van der Waals surface area contributed by atoms with Crippen molar-refractivity contribution in [2.24, 2.45) is 0 Å². The number of nitrogens with zero attached hydrogens (tertiary/aromatic N) is 3. The van der Waals surface area contributed by atoms with Crippen LogP contribution in [0.5, 0.6) is 0 Å². The van der Waals surface area contributed by atoms with E-state index in [0.29, 0.717) is 42.9 Å². The van der Waals surface area contributed by atoms with Gasteiger partial charge in [-0.3, -0.25) is 4.79 Å². The van der Waals surface area contributed by atoms with Gasteiger partial charge in [0, 0.05) is 24.4 Å². The van der Waals surface area contributed by atoms with Crippen molar-refractivity contribution in [1.82, 2.24) is 14.9 Å². The zero-order valence-corrected chi connectivity index (χ0v) is 18.0. The second kappa shape index (κ2) is 8.70. The van der Waals surface area contributed by atoms with E-state index in [1.165, 1.54) is 0 Å². The fourth-order valence-electron chi connectivity index (χ4n) is 3.58. The molecule has 1 aromatic heterocycles. The molecule has 0 fully saturated rings. The molecule has 2 aromatic rings. The van der Waals surface area contributed by atoms with Gasteiger partial charge in [-0.05, 0) is 40.5 Å². The molecule has 1 aliphatic rings. The monoisotopic (exact) mass is 408 g/mol. The average Bonchev–Trinajstić information content (AvgIpc) is 2.67. The van der Waals surface area contributed by atoms with Gasteiger partial charge in [-0.1, -0.05) is 29.8 Å². The molecule has 0 spiro atoms. The summed E-state index contributed by atoms with van der Waals surface area (Å²) in [6.45, 7) is 8.02. The number of ether oxygens (including phenoxy) is 1. The summed E-state index contributed by atoms with van der Waals surface area (Å²) in [5.74, 6) is 0.399. The summed E-state index contributed by atoms with van der Waals surface area (Å²) in [4.78, 5) is 34.8. The third kappa shape index (κ3) is 5.07. The van der Waals surface area contributed by atoms with E-state index >= 15 is 0 Å². The minimum absolute atomic E-state index is 0.124. The Hall–Kier alpha value is -3.14. The quantitative estimate of drug-likeness (QED) is 0.762. The van der Waals surface area contributed by atoms with Crippen LogP contribution in [-0.2, 0) is 11.3 Å². The molecule has 0 saturated carbocycles. The largest absolute Gasteiger partial charge is 0.444 e. The van der Waals surface area contributed by atoms with E-state index in [1.54, 1.807) is 4.90 Å². The maximum atomic E-state index is 12.9. The molecule has 7 nitrogen and oxygen atoms in total. The highest BCUT2D eigenvalue weighted by Gasteiger charge is 2.33.